The lowest BCUT2D eigenvalue weighted by molar-refractivity contribution is -0.207. The third kappa shape index (κ3) is 5.58. The number of benzene rings is 2. The van der Waals surface area contributed by atoms with Crippen molar-refractivity contribution >= 4 is 46.4 Å². The molecule has 38 heavy (non-hydrogen) atoms. The van der Waals surface area contributed by atoms with Gasteiger partial charge in [0.25, 0.3) is 0 Å². The van der Waals surface area contributed by atoms with Crippen LogP contribution < -0.4 is 5.69 Å². The van der Waals surface area contributed by atoms with Crippen LogP contribution in [0, 0.1) is 0 Å². The van der Waals surface area contributed by atoms with Gasteiger partial charge in [0.1, 0.15) is 11.3 Å². The topological polar surface area (TPSA) is 98.1 Å². The quantitative estimate of drug-likeness (QED) is 0.286. The Morgan fingerprint density at radius 1 is 1.00 bits per heavy atom. The van der Waals surface area contributed by atoms with E-state index in [4.69, 9.17) is 46.4 Å². The molecule has 0 saturated heterocycles. The van der Waals surface area contributed by atoms with Gasteiger partial charge in [0.2, 0.25) is 0 Å². The van der Waals surface area contributed by atoms with Crippen molar-refractivity contribution < 1.29 is 23.4 Å². The SMILES string of the molecule is C[C@H](O)c1nc(Cn2c(Cl)c(-c3ccc(Cl)cc3)n(CC(O)C(F)(F)F)c2=O)nn1-c1cccc(Cl)c1Cl. The van der Waals surface area contributed by atoms with Gasteiger partial charge in [0.15, 0.2) is 17.8 Å². The molecule has 8 nitrogen and oxygen atoms in total. The van der Waals surface area contributed by atoms with Gasteiger partial charge in [0, 0.05) is 10.6 Å². The van der Waals surface area contributed by atoms with E-state index >= 15 is 0 Å². The summed E-state index contributed by atoms with van der Waals surface area (Å²) in [4.78, 5) is 17.6. The monoisotopic (exact) mass is 609 g/mol. The van der Waals surface area contributed by atoms with Gasteiger partial charge in [-0.25, -0.2) is 14.5 Å². The Labute approximate surface area is 233 Å². The highest BCUT2D eigenvalue weighted by atomic mass is 35.5. The van der Waals surface area contributed by atoms with Crippen LogP contribution in [0.4, 0.5) is 13.2 Å². The summed E-state index contributed by atoms with van der Waals surface area (Å²) in [5.74, 6) is 0.0651. The molecule has 2 atom stereocenters. The molecular weight excluding hydrogens is 593 g/mol. The summed E-state index contributed by atoms with van der Waals surface area (Å²) in [6.45, 7) is -0.0419. The Morgan fingerprint density at radius 2 is 1.66 bits per heavy atom. The minimum Gasteiger partial charge on any atom is -0.385 e. The lowest BCUT2D eigenvalue weighted by atomic mass is 10.1. The van der Waals surface area contributed by atoms with E-state index in [-0.39, 0.29) is 39.1 Å². The second-order valence-electron chi connectivity index (χ2n) is 8.23. The first kappa shape index (κ1) is 28.5. The zero-order valence-electron chi connectivity index (χ0n) is 19.3. The number of aliphatic hydroxyl groups is 2. The molecular formula is C23H18Cl4F3N5O3. The number of nitrogens with zero attached hydrogens (tertiary/aromatic N) is 5. The van der Waals surface area contributed by atoms with E-state index in [2.05, 4.69) is 10.1 Å². The van der Waals surface area contributed by atoms with Gasteiger partial charge in [-0.1, -0.05) is 64.6 Å². The van der Waals surface area contributed by atoms with Crippen LogP contribution in [0.25, 0.3) is 16.9 Å². The molecule has 0 aliphatic carbocycles. The lowest BCUT2D eigenvalue weighted by Crippen LogP contribution is -2.37. The fraction of sp³-hybridized carbons (Fsp3) is 0.261. The maximum absolute atomic E-state index is 13.3. The molecule has 0 fully saturated rings. The van der Waals surface area contributed by atoms with Crippen LogP contribution in [0.1, 0.15) is 24.7 Å². The van der Waals surface area contributed by atoms with E-state index in [0.29, 0.717) is 16.3 Å². The standard InChI is InChI=1S/C23H18Cl4F3N5O3/c1-11(36)21-31-17(32-35(21)15-4-2-3-14(25)18(15)26)10-34-20(27)19(12-5-7-13(24)8-6-12)33(22(34)38)9-16(37)23(28,29)30/h2-8,11,16,36-37H,9-10H2,1H3/t11-,16?/m0/s1. The molecule has 0 aliphatic heterocycles. The van der Waals surface area contributed by atoms with Crippen LogP contribution in [0.3, 0.4) is 0 Å². The smallest absolute Gasteiger partial charge is 0.385 e. The Kier molecular flexibility index (Phi) is 8.17. The van der Waals surface area contributed by atoms with Gasteiger partial charge in [0.05, 0.1) is 34.5 Å². The highest BCUT2D eigenvalue weighted by Crippen LogP contribution is 2.32. The van der Waals surface area contributed by atoms with E-state index in [0.717, 1.165) is 9.13 Å². The van der Waals surface area contributed by atoms with Gasteiger partial charge in [-0.2, -0.15) is 13.2 Å². The van der Waals surface area contributed by atoms with Crippen molar-refractivity contribution in [1.82, 2.24) is 23.9 Å². The minimum atomic E-state index is -4.98. The fourth-order valence-corrected chi connectivity index (χ4v) is 4.56. The van der Waals surface area contributed by atoms with Crippen LogP contribution in [-0.4, -0.2) is 46.4 Å². The average Bonchev–Trinajstić information content (AvgIpc) is 3.36. The molecule has 202 valence electrons. The molecule has 0 amide bonds. The second kappa shape index (κ2) is 10.9. The zero-order chi connectivity index (χ0) is 27.9. The van der Waals surface area contributed by atoms with E-state index in [1.807, 2.05) is 0 Å². The summed E-state index contributed by atoms with van der Waals surface area (Å²) in [5.41, 5.74) is -0.415. The van der Waals surface area contributed by atoms with E-state index in [1.54, 1.807) is 18.2 Å². The summed E-state index contributed by atoms with van der Waals surface area (Å²) >= 11 is 24.9. The molecule has 0 radical (unpaired) electrons. The van der Waals surface area contributed by atoms with Crippen molar-refractivity contribution in [2.75, 3.05) is 0 Å². The maximum Gasteiger partial charge on any atom is 0.416 e. The molecule has 15 heteroatoms. The molecule has 0 saturated carbocycles. The summed E-state index contributed by atoms with van der Waals surface area (Å²) in [5, 5.41) is 24.8. The van der Waals surface area contributed by atoms with Crippen LogP contribution in [0.2, 0.25) is 20.2 Å². The largest absolute Gasteiger partial charge is 0.416 e. The van der Waals surface area contributed by atoms with Crippen molar-refractivity contribution in [2.45, 2.75) is 38.4 Å². The Morgan fingerprint density at radius 3 is 2.26 bits per heavy atom. The number of halogens is 7. The summed E-state index contributed by atoms with van der Waals surface area (Å²) < 4.78 is 42.4. The fourth-order valence-electron chi connectivity index (χ4n) is 3.71. The maximum atomic E-state index is 13.3. The number of aromatic nitrogens is 5. The molecule has 0 bridgehead atoms. The zero-order valence-corrected chi connectivity index (χ0v) is 22.3. The predicted molar refractivity (Wildman–Crippen MR) is 137 cm³/mol. The number of imidazole rings is 1. The molecule has 2 aromatic carbocycles. The molecule has 0 spiro atoms. The van der Waals surface area contributed by atoms with E-state index in [9.17, 15) is 28.2 Å². The first-order valence-corrected chi connectivity index (χ1v) is 12.4. The third-order valence-corrected chi connectivity index (χ3v) is 6.97. The molecule has 2 N–H and O–H groups in total. The van der Waals surface area contributed by atoms with Gasteiger partial charge in [-0.05, 0) is 31.2 Å². The third-order valence-electron chi connectivity index (χ3n) is 5.52. The molecule has 0 aliphatic rings. The number of alkyl halides is 3. The molecule has 2 heterocycles. The predicted octanol–water partition coefficient (Wildman–Crippen LogP) is 5.54. The first-order chi connectivity index (χ1) is 17.8. The average molecular weight is 611 g/mol. The minimum absolute atomic E-state index is 0.00267. The van der Waals surface area contributed by atoms with Gasteiger partial charge >= 0.3 is 11.9 Å². The van der Waals surface area contributed by atoms with Gasteiger partial charge in [-0.3, -0.25) is 9.13 Å². The summed E-state index contributed by atoms with van der Waals surface area (Å²) in [7, 11) is 0. The van der Waals surface area contributed by atoms with Crippen molar-refractivity contribution in [1.29, 1.82) is 0 Å². The Balaban J connectivity index is 1.84. The van der Waals surface area contributed by atoms with Gasteiger partial charge in [-0.15, -0.1) is 5.10 Å². The van der Waals surface area contributed by atoms with Crippen LogP contribution in [-0.2, 0) is 13.1 Å². The number of aliphatic hydroxyl groups excluding tert-OH is 2. The summed E-state index contributed by atoms with van der Waals surface area (Å²) in [6, 6.07) is 10.7. The van der Waals surface area contributed by atoms with Crippen LogP contribution in [0.5, 0.6) is 0 Å². The molecule has 1 unspecified atom stereocenters. The van der Waals surface area contributed by atoms with Crippen LogP contribution >= 0.6 is 46.4 Å². The normalized spacial score (nSPS) is 13.6. The second-order valence-corrected chi connectivity index (χ2v) is 9.81. The molecule has 4 rings (SSSR count). The lowest BCUT2D eigenvalue weighted by Gasteiger charge is -2.16. The number of rotatable bonds is 7. The van der Waals surface area contributed by atoms with Crippen molar-refractivity contribution in [2.24, 2.45) is 0 Å². The molecule has 2 aromatic heterocycles. The molecule has 4 aromatic rings. The first-order valence-electron chi connectivity index (χ1n) is 10.9. The Bertz CT molecular complexity index is 1530. The number of hydrogen-bond acceptors (Lipinski definition) is 5. The van der Waals surface area contributed by atoms with Crippen molar-refractivity contribution in [3.8, 4) is 16.9 Å². The van der Waals surface area contributed by atoms with Crippen molar-refractivity contribution in [3.63, 3.8) is 0 Å². The summed E-state index contributed by atoms with van der Waals surface area (Å²) in [6.07, 6.45) is -8.93. The Hall–Kier alpha value is -2.54. The highest BCUT2D eigenvalue weighted by Gasteiger charge is 2.39. The van der Waals surface area contributed by atoms with Gasteiger partial charge < -0.3 is 10.2 Å². The van der Waals surface area contributed by atoms with E-state index in [1.165, 1.54) is 35.9 Å². The number of hydrogen-bond donors (Lipinski definition) is 2. The van der Waals surface area contributed by atoms with Crippen molar-refractivity contribution in [3.05, 3.63) is 84.8 Å². The van der Waals surface area contributed by atoms with Crippen LogP contribution in [0.15, 0.2) is 47.3 Å². The van der Waals surface area contributed by atoms with E-state index < -0.39 is 30.6 Å². The highest BCUT2D eigenvalue weighted by molar-refractivity contribution is 6.43.